The summed E-state index contributed by atoms with van der Waals surface area (Å²) < 4.78 is 11.3. The number of amides is 1. The van der Waals surface area contributed by atoms with Gasteiger partial charge < -0.3 is 14.8 Å². The maximum atomic E-state index is 13.2. The van der Waals surface area contributed by atoms with Crippen LogP contribution >= 0.6 is 0 Å². The lowest BCUT2D eigenvalue weighted by atomic mass is 9.73. The minimum Gasteiger partial charge on any atom is -0.496 e. The van der Waals surface area contributed by atoms with E-state index in [1.54, 1.807) is 12.1 Å². The van der Waals surface area contributed by atoms with Gasteiger partial charge in [0.1, 0.15) is 17.5 Å². The normalized spacial score (nSPS) is 19.7. The molecule has 33 heavy (non-hydrogen) atoms. The smallest absolute Gasteiger partial charge is 0.267 e. The highest BCUT2D eigenvalue weighted by molar-refractivity contribution is 6.40. The van der Waals surface area contributed by atoms with Crippen molar-refractivity contribution in [2.45, 2.75) is 44.6 Å². The summed E-state index contributed by atoms with van der Waals surface area (Å²) in [6.07, 6.45) is 1.86. The number of aryl methyl sites for hydroxylation is 1. The number of rotatable bonds is 7. The van der Waals surface area contributed by atoms with Crippen molar-refractivity contribution in [3.05, 3.63) is 59.7 Å². The van der Waals surface area contributed by atoms with Crippen molar-refractivity contribution in [2.75, 3.05) is 31.9 Å². The Balaban J connectivity index is 1.56. The first-order valence-corrected chi connectivity index (χ1v) is 11.4. The molecule has 2 aromatic carbocycles. The molecule has 0 bridgehead atoms. The van der Waals surface area contributed by atoms with Gasteiger partial charge in [0.25, 0.3) is 5.91 Å². The van der Waals surface area contributed by atoms with Crippen LogP contribution in [-0.4, -0.2) is 50.3 Å². The Kier molecular flexibility index (Phi) is 6.79. The van der Waals surface area contributed by atoms with Crippen LogP contribution in [0.2, 0.25) is 0 Å². The molecule has 0 saturated carbocycles. The molecule has 7 heteroatoms. The van der Waals surface area contributed by atoms with Gasteiger partial charge in [0.05, 0.1) is 12.8 Å². The zero-order valence-electron chi connectivity index (χ0n) is 19.5. The minimum atomic E-state index is -0.470. The van der Waals surface area contributed by atoms with Crippen molar-refractivity contribution in [3.63, 3.8) is 0 Å². The molecule has 7 nitrogen and oxygen atoms in total. The summed E-state index contributed by atoms with van der Waals surface area (Å²) >= 11 is 0. The molecule has 4 rings (SSSR count). The van der Waals surface area contributed by atoms with E-state index in [0.717, 1.165) is 35.4 Å². The van der Waals surface area contributed by atoms with Crippen LogP contribution in [0.3, 0.4) is 0 Å². The quantitative estimate of drug-likeness (QED) is 0.701. The third-order valence-corrected chi connectivity index (χ3v) is 6.63. The van der Waals surface area contributed by atoms with Gasteiger partial charge in [-0.15, -0.1) is 0 Å². The van der Waals surface area contributed by atoms with Gasteiger partial charge in [-0.25, -0.2) is 0 Å². The SMILES string of the molecule is COc1ccc(C)cc1C1(CNC(=O)C2=NN(c3ccccc3)C(C(C)=O)C2)CCOCC1. The molecule has 2 aromatic rings. The number of nitrogens with zero attached hydrogens (tertiary/aromatic N) is 2. The fourth-order valence-corrected chi connectivity index (χ4v) is 4.67. The third-order valence-electron chi connectivity index (χ3n) is 6.63. The molecular weight excluding hydrogens is 418 g/mol. The number of carbonyl (C=O) groups excluding carboxylic acids is 2. The maximum absolute atomic E-state index is 13.2. The molecule has 174 valence electrons. The standard InChI is InChI=1S/C26H31N3O4/c1-18-9-10-24(32-3)21(15-18)26(11-13-33-14-12-26)17-27-25(31)22-16-23(19(2)30)29(28-22)20-7-5-4-6-8-20/h4-10,15,23H,11-14,16-17H2,1-3H3,(H,27,31). The molecule has 0 aliphatic carbocycles. The molecule has 0 aromatic heterocycles. The van der Waals surface area contributed by atoms with Gasteiger partial charge in [0.15, 0.2) is 5.78 Å². The lowest BCUT2D eigenvalue weighted by Crippen LogP contribution is -2.46. The highest BCUT2D eigenvalue weighted by Gasteiger charge is 2.39. The summed E-state index contributed by atoms with van der Waals surface area (Å²) in [5.41, 5.74) is 3.12. The van der Waals surface area contributed by atoms with Crippen LogP contribution in [0.5, 0.6) is 5.75 Å². The first kappa shape index (κ1) is 23.0. The second kappa shape index (κ2) is 9.75. The van der Waals surface area contributed by atoms with E-state index < -0.39 is 6.04 Å². The number of carbonyl (C=O) groups is 2. The number of hydrogen-bond acceptors (Lipinski definition) is 6. The van der Waals surface area contributed by atoms with E-state index in [4.69, 9.17) is 9.47 Å². The fraction of sp³-hybridized carbons (Fsp3) is 0.423. The van der Waals surface area contributed by atoms with Crippen LogP contribution in [0.1, 0.15) is 37.3 Å². The van der Waals surface area contributed by atoms with E-state index in [9.17, 15) is 9.59 Å². The topological polar surface area (TPSA) is 80.2 Å². The maximum Gasteiger partial charge on any atom is 0.267 e. The molecule has 1 N–H and O–H groups in total. The largest absolute Gasteiger partial charge is 0.496 e. The minimum absolute atomic E-state index is 0.0178. The number of hydrogen-bond donors (Lipinski definition) is 1. The Morgan fingerprint density at radius 1 is 1.18 bits per heavy atom. The first-order chi connectivity index (χ1) is 15.9. The van der Waals surface area contributed by atoms with Crippen molar-refractivity contribution in [2.24, 2.45) is 5.10 Å². The number of ether oxygens (including phenoxy) is 2. The predicted molar refractivity (Wildman–Crippen MR) is 128 cm³/mol. The van der Waals surface area contributed by atoms with Crippen LogP contribution in [-0.2, 0) is 19.7 Å². The number of ketones is 1. The van der Waals surface area contributed by atoms with E-state index in [1.807, 2.05) is 42.5 Å². The zero-order valence-corrected chi connectivity index (χ0v) is 19.5. The van der Waals surface area contributed by atoms with Gasteiger partial charge in [-0.1, -0.05) is 35.9 Å². The molecule has 1 atom stereocenters. The summed E-state index contributed by atoms with van der Waals surface area (Å²) in [5.74, 6) is 0.565. The Labute approximate surface area is 194 Å². The summed E-state index contributed by atoms with van der Waals surface area (Å²) in [5, 5.41) is 9.31. The van der Waals surface area contributed by atoms with E-state index in [1.165, 1.54) is 6.92 Å². The Morgan fingerprint density at radius 2 is 1.91 bits per heavy atom. The Morgan fingerprint density at radius 3 is 2.58 bits per heavy atom. The van der Waals surface area contributed by atoms with Crippen LogP contribution in [0.25, 0.3) is 0 Å². The number of methoxy groups -OCH3 is 1. The number of hydrazone groups is 1. The Bertz CT molecular complexity index is 1040. The van der Waals surface area contributed by atoms with Crippen molar-refractivity contribution in [1.29, 1.82) is 0 Å². The summed E-state index contributed by atoms with van der Waals surface area (Å²) in [6, 6.07) is 15.2. The zero-order chi connectivity index (χ0) is 23.4. The Hall–Kier alpha value is -3.19. The predicted octanol–water partition coefficient (Wildman–Crippen LogP) is 3.39. The number of para-hydroxylation sites is 1. The third kappa shape index (κ3) is 4.78. The van der Waals surface area contributed by atoms with E-state index in [-0.39, 0.29) is 17.1 Å². The van der Waals surface area contributed by atoms with E-state index >= 15 is 0 Å². The molecule has 1 saturated heterocycles. The van der Waals surface area contributed by atoms with Crippen LogP contribution in [0.4, 0.5) is 5.69 Å². The molecule has 1 amide bonds. The molecule has 1 unspecified atom stereocenters. The van der Waals surface area contributed by atoms with Crippen molar-refractivity contribution in [3.8, 4) is 5.75 Å². The average Bonchev–Trinajstić information content (AvgIpc) is 3.30. The van der Waals surface area contributed by atoms with Gasteiger partial charge in [-0.3, -0.25) is 14.6 Å². The number of benzene rings is 2. The highest BCUT2D eigenvalue weighted by atomic mass is 16.5. The summed E-state index contributed by atoms with van der Waals surface area (Å²) in [6.45, 7) is 5.30. The van der Waals surface area contributed by atoms with Crippen molar-refractivity contribution >= 4 is 23.1 Å². The van der Waals surface area contributed by atoms with E-state index in [0.29, 0.717) is 31.9 Å². The first-order valence-electron chi connectivity index (χ1n) is 11.4. The van der Waals surface area contributed by atoms with Crippen LogP contribution < -0.4 is 15.1 Å². The van der Waals surface area contributed by atoms with Gasteiger partial charge in [-0.2, -0.15) is 5.10 Å². The second-order valence-electron chi connectivity index (χ2n) is 8.84. The summed E-state index contributed by atoms with van der Waals surface area (Å²) in [7, 11) is 1.67. The van der Waals surface area contributed by atoms with Crippen LogP contribution in [0.15, 0.2) is 53.6 Å². The highest BCUT2D eigenvalue weighted by Crippen LogP contribution is 2.40. The fourth-order valence-electron chi connectivity index (χ4n) is 4.67. The molecule has 2 aliphatic heterocycles. The van der Waals surface area contributed by atoms with Gasteiger partial charge in [0.2, 0.25) is 0 Å². The number of nitrogens with one attached hydrogen (secondary N) is 1. The van der Waals surface area contributed by atoms with Gasteiger partial charge in [0, 0.05) is 37.2 Å². The van der Waals surface area contributed by atoms with Gasteiger partial charge >= 0.3 is 0 Å². The number of anilines is 1. The lowest BCUT2D eigenvalue weighted by Gasteiger charge is -2.38. The van der Waals surface area contributed by atoms with Gasteiger partial charge in [-0.05, 0) is 44.9 Å². The number of Topliss-reactive ketones (excluding diaryl/α,β-unsaturated/α-hetero) is 1. The lowest BCUT2D eigenvalue weighted by molar-refractivity contribution is -0.118. The monoisotopic (exact) mass is 449 g/mol. The second-order valence-corrected chi connectivity index (χ2v) is 8.84. The summed E-state index contributed by atoms with van der Waals surface area (Å²) in [4.78, 5) is 25.5. The molecule has 0 spiro atoms. The van der Waals surface area contributed by atoms with Crippen LogP contribution in [0, 0.1) is 6.92 Å². The molecule has 0 radical (unpaired) electrons. The molecule has 1 fully saturated rings. The van der Waals surface area contributed by atoms with Crippen molar-refractivity contribution in [1.82, 2.24) is 5.32 Å². The van der Waals surface area contributed by atoms with Crippen molar-refractivity contribution < 1.29 is 19.1 Å². The average molecular weight is 450 g/mol. The van der Waals surface area contributed by atoms with E-state index in [2.05, 4.69) is 23.4 Å². The molecular formula is C26H31N3O4. The molecule has 2 aliphatic rings. The molecule has 2 heterocycles.